The predicted octanol–water partition coefficient (Wildman–Crippen LogP) is 2.13. The zero-order chi connectivity index (χ0) is 22.0. The number of carbonyl (C=O) groups excluding carboxylic acids is 2. The molecular formula is C24H39NO6. The van der Waals surface area contributed by atoms with Gasteiger partial charge in [-0.15, -0.1) is 0 Å². The fourth-order valence-corrected chi connectivity index (χ4v) is 6.50. The van der Waals surface area contributed by atoms with Crippen molar-refractivity contribution in [3.8, 4) is 0 Å². The predicted molar refractivity (Wildman–Crippen MR) is 114 cm³/mol. The topological polar surface area (TPSA) is 96.3 Å². The minimum Gasteiger partial charge on any atom is -0.469 e. The van der Waals surface area contributed by atoms with Crippen molar-refractivity contribution in [3.05, 3.63) is 0 Å². The first-order valence-corrected chi connectivity index (χ1v) is 12.3. The third-order valence-corrected chi connectivity index (χ3v) is 8.28. The lowest BCUT2D eigenvalue weighted by Crippen LogP contribution is -2.52. The summed E-state index contributed by atoms with van der Waals surface area (Å²) in [6.45, 7) is 1.94. The smallest absolute Gasteiger partial charge is 0.308 e. The van der Waals surface area contributed by atoms with Crippen LogP contribution < -0.4 is 0 Å². The highest BCUT2D eigenvalue weighted by Gasteiger charge is 2.47. The van der Waals surface area contributed by atoms with Crippen LogP contribution >= 0.6 is 0 Å². The van der Waals surface area contributed by atoms with Crippen LogP contribution in [0.4, 0.5) is 0 Å². The lowest BCUT2D eigenvalue weighted by molar-refractivity contribution is -0.158. The number of aliphatic hydroxyl groups is 2. The Labute approximate surface area is 185 Å². The van der Waals surface area contributed by atoms with Crippen LogP contribution in [0.1, 0.15) is 64.2 Å². The van der Waals surface area contributed by atoms with Gasteiger partial charge in [-0.25, -0.2) is 0 Å². The standard InChI is InChI=1S/C24H39NO6/c1-30-24(29)16-7-8-17-12-25(13-18(17)9-16)23(28)22-20(27)10-19(26)11-21(22)31-14-15-5-3-2-4-6-15/h15-22,26-27H,2-14H2,1H3. The summed E-state index contributed by atoms with van der Waals surface area (Å²) in [6.07, 6.45) is 7.29. The van der Waals surface area contributed by atoms with E-state index in [1.807, 2.05) is 4.90 Å². The maximum absolute atomic E-state index is 13.5. The summed E-state index contributed by atoms with van der Waals surface area (Å²) in [5.41, 5.74) is 0. The number of likely N-dealkylation sites (tertiary alicyclic amines) is 1. The minimum atomic E-state index is -0.877. The van der Waals surface area contributed by atoms with Gasteiger partial charge in [-0.1, -0.05) is 19.3 Å². The highest BCUT2D eigenvalue weighted by Crippen LogP contribution is 2.41. The molecule has 1 aliphatic heterocycles. The molecule has 4 fully saturated rings. The van der Waals surface area contributed by atoms with Crippen molar-refractivity contribution in [1.82, 2.24) is 4.90 Å². The van der Waals surface area contributed by atoms with Gasteiger partial charge in [0.05, 0.1) is 37.3 Å². The highest BCUT2D eigenvalue weighted by atomic mass is 16.5. The van der Waals surface area contributed by atoms with Gasteiger partial charge in [0, 0.05) is 32.5 Å². The normalized spacial score (nSPS) is 39.2. The minimum absolute atomic E-state index is 0.0444. The van der Waals surface area contributed by atoms with Crippen LogP contribution in [-0.2, 0) is 19.1 Å². The molecule has 0 aromatic carbocycles. The quantitative estimate of drug-likeness (QED) is 0.640. The number of esters is 1. The Bertz CT molecular complexity index is 636. The molecule has 2 N–H and O–H groups in total. The van der Waals surface area contributed by atoms with Gasteiger partial charge in [0.15, 0.2) is 0 Å². The zero-order valence-corrected chi connectivity index (χ0v) is 18.8. The molecular weight excluding hydrogens is 398 g/mol. The molecule has 0 radical (unpaired) electrons. The molecule has 0 spiro atoms. The molecule has 7 atom stereocenters. The van der Waals surface area contributed by atoms with E-state index in [4.69, 9.17) is 9.47 Å². The molecule has 0 bridgehead atoms. The summed E-state index contributed by atoms with van der Waals surface area (Å²) in [6, 6.07) is 0. The van der Waals surface area contributed by atoms with Crippen LogP contribution in [0.25, 0.3) is 0 Å². The Morgan fingerprint density at radius 3 is 2.42 bits per heavy atom. The average Bonchev–Trinajstić information content (AvgIpc) is 3.20. The molecule has 176 valence electrons. The van der Waals surface area contributed by atoms with E-state index >= 15 is 0 Å². The Morgan fingerprint density at radius 1 is 0.935 bits per heavy atom. The second kappa shape index (κ2) is 10.2. The number of fused-ring (bicyclic) bond motifs is 1. The lowest BCUT2D eigenvalue weighted by Gasteiger charge is -2.39. The summed E-state index contributed by atoms with van der Waals surface area (Å²) in [5, 5.41) is 21.0. The van der Waals surface area contributed by atoms with Crippen molar-refractivity contribution in [3.63, 3.8) is 0 Å². The highest BCUT2D eigenvalue weighted by molar-refractivity contribution is 5.80. The maximum atomic E-state index is 13.5. The van der Waals surface area contributed by atoms with Crippen LogP contribution in [0.2, 0.25) is 0 Å². The maximum Gasteiger partial charge on any atom is 0.308 e. The van der Waals surface area contributed by atoms with Gasteiger partial charge < -0.3 is 24.6 Å². The number of carbonyl (C=O) groups is 2. The summed E-state index contributed by atoms with van der Waals surface area (Å²) in [5.74, 6) is 0.387. The SMILES string of the molecule is COC(=O)C1CCC2CN(C(=O)C3C(O)CC(O)CC3OCC3CCCCC3)CC2C1. The van der Waals surface area contributed by atoms with Crippen molar-refractivity contribution in [1.29, 1.82) is 0 Å². The number of hydrogen-bond donors (Lipinski definition) is 2. The fourth-order valence-electron chi connectivity index (χ4n) is 6.50. The molecule has 0 aromatic heterocycles. The van der Waals surface area contributed by atoms with E-state index in [-0.39, 0.29) is 24.2 Å². The summed E-state index contributed by atoms with van der Waals surface area (Å²) in [7, 11) is 1.44. The first-order valence-electron chi connectivity index (χ1n) is 12.3. The number of hydrogen-bond acceptors (Lipinski definition) is 6. The van der Waals surface area contributed by atoms with Crippen LogP contribution in [-0.4, -0.2) is 72.1 Å². The molecule has 1 heterocycles. The number of amides is 1. The molecule has 7 nitrogen and oxygen atoms in total. The molecule has 0 aromatic rings. The second-order valence-electron chi connectivity index (χ2n) is 10.4. The monoisotopic (exact) mass is 437 g/mol. The van der Waals surface area contributed by atoms with Crippen LogP contribution in [0, 0.1) is 29.6 Å². The van der Waals surface area contributed by atoms with Crippen molar-refractivity contribution in [2.24, 2.45) is 29.6 Å². The number of nitrogens with zero attached hydrogens (tertiary/aromatic N) is 1. The molecule has 7 unspecified atom stereocenters. The van der Waals surface area contributed by atoms with Crippen LogP contribution in [0.3, 0.4) is 0 Å². The van der Waals surface area contributed by atoms with E-state index in [2.05, 4.69) is 0 Å². The molecule has 1 saturated heterocycles. The van der Waals surface area contributed by atoms with Crippen molar-refractivity contribution >= 4 is 11.9 Å². The number of methoxy groups -OCH3 is 1. The second-order valence-corrected chi connectivity index (χ2v) is 10.4. The number of rotatable bonds is 5. The van der Waals surface area contributed by atoms with E-state index in [1.54, 1.807) is 0 Å². The fraction of sp³-hybridized carbons (Fsp3) is 0.917. The van der Waals surface area contributed by atoms with E-state index < -0.39 is 24.2 Å². The summed E-state index contributed by atoms with van der Waals surface area (Å²) >= 11 is 0. The van der Waals surface area contributed by atoms with Gasteiger partial charge in [0.2, 0.25) is 5.91 Å². The zero-order valence-electron chi connectivity index (χ0n) is 18.8. The van der Waals surface area contributed by atoms with Gasteiger partial charge in [-0.2, -0.15) is 0 Å². The average molecular weight is 438 g/mol. The van der Waals surface area contributed by atoms with Crippen molar-refractivity contribution in [2.75, 3.05) is 26.8 Å². The Hall–Kier alpha value is -1.18. The largest absolute Gasteiger partial charge is 0.469 e. The van der Waals surface area contributed by atoms with E-state index in [0.717, 1.165) is 32.1 Å². The van der Waals surface area contributed by atoms with Gasteiger partial charge in [-0.3, -0.25) is 9.59 Å². The first-order chi connectivity index (χ1) is 15.0. The summed E-state index contributed by atoms with van der Waals surface area (Å²) < 4.78 is 11.1. The van der Waals surface area contributed by atoms with E-state index in [9.17, 15) is 19.8 Å². The molecule has 3 aliphatic carbocycles. The summed E-state index contributed by atoms with van der Waals surface area (Å²) in [4.78, 5) is 27.4. The van der Waals surface area contributed by atoms with E-state index in [1.165, 1.54) is 26.4 Å². The molecule has 1 amide bonds. The third kappa shape index (κ3) is 5.25. The number of aliphatic hydroxyl groups excluding tert-OH is 2. The molecule has 4 rings (SSSR count). The molecule has 4 aliphatic rings. The molecule has 3 saturated carbocycles. The van der Waals surface area contributed by atoms with Gasteiger partial charge in [-0.05, 0) is 49.9 Å². The van der Waals surface area contributed by atoms with Crippen molar-refractivity contribution < 1.29 is 29.3 Å². The Morgan fingerprint density at radius 2 is 1.68 bits per heavy atom. The number of ether oxygens (including phenoxy) is 2. The molecule has 7 heteroatoms. The van der Waals surface area contributed by atoms with Gasteiger partial charge >= 0.3 is 5.97 Å². The van der Waals surface area contributed by atoms with Crippen molar-refractivity contribution in [2.45, 2.75) is 82.5 Å². The van der Waals surface area contributed by atoms with Crippen LogP contribution in [0.5, 0.6) is 0 Å². The Kier molecular flexibility index (Phi) is 7.55. The Balaban J connectivity index is 1.38. The van der Waals surface area contributed by atoms with Gasteiger partial charge in [0.25, 0.3) is 0 Å². The van der Waals surface area contributed by atoms with Crippen LogP contribution in [0.15, 0.2) is 0 Å². The third-order valence-electron chi connectivity index (χ3n) is 8.28. The van der Waals surface area contributed by atoms with Gasteiger partial charge in [0.1, 0.15) is 0 Å². The van der Waals surface area contributed by atoms with E-state index in [0.29, 0.717) is 43.9 Å². The lowest BCUT2D eigenvalue weighted by atomic mass is 9.76. The molecule has 31 heavy (non-hydrogen) atoms. The first kappa shape index (κ1) is 23.0.